The predicted octanol–water partition coefficient (Wildman–Crippen LogP) is 5.33. The van der Waals surface area contributed by atoms with Crippen molar-refractivity contribution in [2.75, 3.05) is 11.5 Å². The van der Waals surface area contributed by atoms with Crippen molar-refractivity contribution < 1.29 is 23.8 Å². The van der Waals surface area contributed by atoms with E-state index >= 15 is 0 Å². The van der Waals surface area contributed by atoms with Gasteiger partial charge in [-0.2, -0.15) is 4.80 Å². The fraction of sp³-hybridized carbons (Fsp3) is 0.244. The van der Waals surface area contributed by atoms with Crippen molar-refractivity contribution in [3.05, 3.63) is 136 Å². The van der Waals surface area contributed by atoms with E-state index < -0.39 is 46.0 Å². The van der Waals surface area contributed by atoms with Gasteiger partial charge in [-0.15, -0.1) is 33.3 Å². The number of pyridine rings is 1. The monoisotopic (exact) mass is 831 g/mol. The van der Waals surface area contributed by atoms with Crippen LogP contribution in [0.2, 0.25) is 0 Å². The number of thiazole rings is 1. The lowest BCUT2D eigenvalue weighted by Gasteiger charge is -2.49. The number of Topliss-reactive ketones (excluding diaryl/α,β-unsaturated/α-hetero) is 1. The molecule has 2 amide bonds. The third-order valence-corrected chi connectivity index (χ3v) is 13.5. The number of ketones is 1. The summed E-state index contributed by atoms with van der Waals surface area (Å²) in [5.74, 6) is -0.940. The van der Waals surface area contributed by atoms with Gasteiger partial charge in [-0.1, -0.05) is 84.0 Å². The van der Waals surface area contributed by atoms with Crippen LogP contribution in [0.5, 0.6) is 0 Å². The Labute approximate surface area is 345 Å². The summed E-state index contributed by atoms with van der Waals surface area (Å²) >= 11 is 1.18. The van der Waals surface area contributed by atoms with Gasteiger partial charge >= 0.3 is 0 Å². The lowest BCUT2D eigenvalue weighted by molar-refractivity contribution is -0.143. The minimum absolute atomic E-state index is 0.0869. The number of hydrogen-bond acceptors (Lipinski definition) is 13. The Morgan fingerprint density at radius 3 is 2.41 bits per heavy atom. The number of aromatic nitrogens is 6. The number of nitrogens with one attached hydrogen (secondary N) is 1. The summed E-state index contributed by atoms with van der Waals surface area (Å²) < 4.78 is 14.2. The average Bonchev–Trinajstić information content (AvgIpc) is 3.89. The molecule has 1 saturated heterocycles. The smallest absolute Gasteiger partial charge is 0.276 e. The second-order valence-electron chi connectivity index (χ2n) is 14.1. The Bertz CT molecular complexity index is 2530. The molecule has 294 valence electrons. The van der Waals surface area contributed by atoms with Crippen molar-refractivity contribution in [2.24, 2.45) is 5.16 Å². The van der Waals surface area contributed by atoms with Gasteiger partial charge in [0, 0.05) is 33.2 Å². The van der Waals surface area contributed by atoms with E-state index in [4.69, 9.17) is 9.94 Å². The number of oxime groups is 1. The Morgan fingerprint density at radius 1 is 1.05 bits per heavy atom. The Kier molecular flexibility index (Phi) is 11.0. The van der Waals surface area contributed by atoms with Crippen molar-refractivity contribution in [3.8, 4) is 0 Å². The van der Waals surface area contributed by atoms with Gasteiger partial charge in [0.2, 0.25) is 11.2 Å². The number of carbonyl (C=O) groups is 3. The number of benzene rings is 3. The Balaban J connectivity index is 1.15. The maximum Gasteiger partial charge on any atom is 0.276 e. The fourth-order valence-corrected chi connectivity index (χ4v) is 10.1. The first-order valence-corrected chi connectivity index (χ1v) is 21.5. The summed E-state index contributed by atoms with van der Waals surface area (Å²) in [5, 5.41) is 23.1. The SMILES string of the molecule is CC(=O)C(C)(C)O/N=C(\C(=O)N[C@@H]1C(=O)N2C(c3nnn(C(c4ccccc4)c4ccccc4)n3)=C(CSc3ccnc4ccccc34)C[S+]([O-])[C@H]12)c1csc(C)n1. The summed E-state index contributed by atoms with van der Waals surface area (Å²) in [6.07, 6.45) is 1.75. The van der Waals surface area contributed by atoms with Gasteiger partial charge in [0.05, 0.1) is 10.5 Å². The maximum absolute atomic E-state index is 14.3. The number of β-lactam (4-membered cyclic amide) rings is 1. The summed E-state index contributed by atoms with van der Waals surface area (Å²) in [4.78, 5) is 58.8. The lowest BCUT2D eigenvalue weighted by atomic mass is 9.99. The quantitative estimate of drug-likeness (QED) is 0.0523. The maximum atomic E-state index is 14.3. The number of nitrogens with zero attached hydrogens (tertiary/aromatic N) is 8. The number of thioether (sulfide) groups is 1. The third kappa shape index (κ3) is 7.65. The predicted molar refractivity (Wildman–Crippen MR) is 222 cm³/mol. The van der Waals surface area contributed by atoms with Crippen LogP contribution in [0.4, 0.5) is 0 Å². The molecule has 0 bridgehead atoms. The number of rotatable bonds is 13. The molecule has 14 nitrogen and oxygen atoms in total. The normalized spacial score (nSPS) is 18.3. The molecule has 3 aromatic carbocycles. The van der Waals surface area contributed by atoms with Gasteiger partial charge in [0.15, 0.2) is 23.1 Å². The highest BCUT2D eigenvalue weighted by Crippen LogP contribution is 2.42. The van der Waals surface area contributed by atoms with E-state index in [0.717, 1.165) is 26.9 Å². The molecule has 3 atom stereocenters. The van der Waals surface area contributed by atoms with Gasteiger partial charge < -0.3 is 14.7 Å². The summed E-state index contributed by atoms with van der Waals surface area (Å²) in [6, 6.07) is 27.8. The lowest BCUT2D eigenvalue weighted by Crippen LogP contribution is -2.74. The highest BCUT2D eigenvalue weighted by atomic mass is 32.2. The Morgan fingerprint density at radius 2 is 1.74 bits per heavy atom. The molecule has 3 aromatic heterocycles. The van der Waals surface area contributed by atoms with Crippen LogP contribution < -0.4 is 5.32 Å². The van der Waals surface area contributed by atoms with Crippen molar-refractivity contribution in [3.63, 3.8) is 0 Å². The highest BCUT2D eigenvalue weighted by Gasteiger charge is 2.60. The number of amides is 2. The number of para-hydroxylation sites is 1. The van der Waals surface area contributed by atoms with Crippen LogP contribution in [0.1, 0.15) is 54.5 Å². The topological polar surface area (TPSA) is 181 Å². The number of tetrazole rings is 1. The van der Waals surface area contributed by atoms with Gasteiger partial charge in [0.25, 0.3) is 11.8 Å². The molecule has 17 heteroatoms. The van der Waals surface area contributed by atoms with E-state index in [1.54, 1.807) is 18.5 Å². The molecule has 1 N–H and O–H groups in total. The van der Waals surface area contributed by atoms with Crippen LogP contribution in [-0.2, 0) is 30.4 Å². The van der Waals surface area contributed by atoms with Gasteiger partial charge in [-0.25, -0.2) is 4.98 Å². The van der Waals surface area contributed by atoms with Gasteiger partial charge in [-0.3, -0.25) is 24.3 Å². The molecule has 5 heterocycles. The fourth-order valence-electron chi connectivity index (χ4n) is 6.61. The first-order valence-electron chi connectivity index (χ1n) is 18.3. The number of hydrogen-bond donors (Lipinski definition) is 1. The van der Waals surface area contributed by atoms with E-state index in [-0.39, 0.29) is 28.8 Å². The van der Waals surface area contributed by atoms with Crippen LogP contribution in [0.3, 0.4) is 0 Å². The number of carbonyl (C=O) groups excluding carboxylic acids is 3. The van der Waals surface area contributed by atoms with E-state index in [1.807, 2.05) is 91.0 Å². The van der Waals surface area contributed by atoms with Crippen molar-refractivity contribution in [2.45, 2.75) is 55.6 Å². The average molecular weight is 832 g/mol. The molecule has 0 radical (unpaired) electrons. The van der Waals surface area contributed by atoms with Crippen molar-refractivity contribution in [1.29, 1.82) is 0 Å². The molecule has 2 aliphatic rings. The first-order chi connectivity index (χ1) is 28.0. The van der Waals surface area contributed by atoms with Crippen LogP contribution in [-0.4, -0.2) is 91.5 Å². The highest BCUT2D eigenvalue weighted by molar-refractivity contribution is 7.99. The summed E-state index contributed by atoms with van der Waals surface area (Å²) in [7, 11) is 0. The number of fused-ring (bicyclic) bond motifs is 2. The minimum Gasteiger partial charge on any atom is -0.614 e. The summed E-state index contributed by atoms with van der Waals surface area (Å²) in [5.41, 5.74) is 2.45. The zero-order chi connectivity index (χ0) is 40.6. The molecule has 1 unspecified atom stereocenters. The molecule has 0 spiro atoms. The van der Waals surface area contributed by atoms with E-state index in [0.29, 0.717) is 22.0 Å². The van der Waals surface area contributed by atoms with Crippen LogP contribution in [0, 0.1) is 6.92 Å². The Hall–Kier alpha value is -5.75. The molecule has 0 aliphatic carbocycles. The molecule has 6 aromatic rings. The molecule has 1 fully saturated rings. The zero-order valence-corrected chi connectivity index (χ0v) is 34.3. The number of aryl methyl sites for hydroxylation is 1. The molecular weight excluding hydrogens is 795 g/mol. The van der Waals surface area contributed by atoms with E-state index in [9.17, 15) is 18.9 Å². The van der Waals surface area contributed by atoms with Crippen LogP contribution >= 0.6 is 23.1 Å². The third-order valence-electron chi connectivity index (χ3n) is 9.89. The van der Waals surface area contributed by atoms with Crippen LogP contribution in [0.15, 0.2) is 118 Å². The van der Waals surface area contributed by atoms with Crippen LogP contribution in [0.25, 0.3) is 16.6 Å². The standard InChI is InChI=1S/C41H37N9O5S3/c1-24(51)41(3,4)55-47-33(31-22-56-25(2)43-31)38(52)44-34-39(53)49-36(28(23-58(54)40(34)49)21-57-32-19-20-42-30-18-12-11-17-29(30)32)37-45-48-50(46-37)35(26-13-7-5-8-14-26)27-15-9-6-10-16-27/h5-20,22,34-35,40H,21,23H2,1-4H3,(H,44,52)/b47-33-/t34-,40-,58?/m1/s1. The van der Waals surface area contributed by atoms with Gasteiger partial charge in [-0.05, 0) is 67.3 Å². The van der Waals surface area contributed by atoms with Gasteiger partial charge in [0.1, 0.15) is 23.2 Å². The summed E-state index contributed by atoms with van der Waals surface area (Å²) in [6.45, 7) is 6.20. The van der Waals surface area contributed by atoms with E-state index in [2.05, 4.69) is 30.8 Å². The van der Waals surface area contributed by atoms with Crippen molar-refractivity contribution in [1.82, 2.24) is 40.4 Å². The molecule has 0 saturated carbocycles. The minimum atomic E-state index is -1.65. The van der Waals surface area contributed by atoms with E-state index in [1.165, 1.54) is 53.6 Å². The van der Waals surface area contributed by atoms with Crippen molar-refractivity contribution >= 4 is 74.2 Å². The zero-order valence-electron chi connectivity index (χ0n) is 31.8. The molecular formula is C41H37N9O5S3. The molecule has 58 heavy (non-hydrogen) atoms. The molecule has 2 aliphatic heterocycles. The largest absolute Gasteiger partial charge is 0.614 e. The second kappa shape index (κ2) is 16.2. The first kappa shape index (κ1) is 39.1. The molecule has 8 rings (SSSR count). The second-order valence-corrected chi connectivity index (χ2v) is 17.8.